The van der Waals surface area contributed by atoms with E-state index in [1.54, 1.807) is 18.1 Å². The number of ether oxygens (including phenoxy) is 3. The Morgan fingerprint density at radius 3 is 2.74 bits per heavy atom. The number of carbonyl (C=O) groups excluding carboxylic acids is 2. The predicted molar refractivity (Wildman–Crippen MR) is 222 cm³/mol. The van der Waals surface area contributed by atoms with Crippen molar-refractivity contribution in [1.29, 1.82) is 0 Å². The number of anilines is 1. The minimum Gasteiger partial charge on any atom is -0.490 e. The number of halogens is 1. The average molecular weight is 821 g/mol. The Morgan fingerprint density at radius 2 is 1.91 bits per heavy atom. The van der Waals surface area contributed by atoms with Gasteiger partial charge in [-0.05, 0) is 97.7 Å². The highest BCUT2D eigenvalue weighted by molar-refractivity contribution is 7.92. The van der Waals surface area contributed by atoms with Gasteiger partial charge in [-0.15, -0.1) is 4.36 Å². The van der Waals surface area contributed by atoms with Gasteiger partial charge in [-0.1, -0.05) is 36.7 Å². The lowest BCUT2D eigenvalue weighted by molar-refractivity contribution is -0.0665. The average Bonchev–Trinajstić information content (AvgIpc) is 3.31. The molecule has 1 saturated carbocycles. The maximum absolute atomic E-state index is 14.8. The SMILES string of the molecule is CO[C@H]1/C=C\C[C@H](C)CS(=O)(NC(=O)N2CC(N3CCN4CCOCC4C3)C2)=NC(=O)c2ccc3c(c2)N(C[C@@H]2CC[C@H]21)C[C@@]1(CCCc2cc(Cl)ccc21)CO3. The van der Waals surface area contributed by atoms with Crippen LogP contribution in [0.5, 0.6) is 5.75 Å². The molecule has 5 heterocycles. The number of amides is 3. The van der Waals surface area contributed by atoms with Crippen LogP contribution in [0.4, 0.5) is 10.5 Å². The zero-order valence-electron chi connectivity index (χ0n) is 33.3. The van der Waals surface area contributed by atoms with Crippen LogP contribution in [0.25, 0.3) is 0 Å². The summed E-state index contributed by atoms with van der Waals surface area (Å²) in [6.45, 7) is 10.5. The molecule has 0 aromatic heterocycles. The fourth-order valence-corrected chi connectivity index (χ4v) is 12.6. The molecular weight excluding hydrogens is 764 g/mol. The molecule has 2 aromatic rings. The van der Waals surface area contributed by atoms with Gasteiger partial charge in [0.05, 0.1) is 37.4 Å². The first-order valence-electron chi connectivity index (χ1n) is 21.0. The highest BCUT2D eigenvalue weighted by Gasteiger charge is 2.45. The lowest BCUT2D eigenvalue weighted by Crippen LogP contribution is -2.68. The summed E-state index contributed by atoms with van der Waals surface area (Å²) in [5, 5.41) is 0.747. The van der Waals surface area contributed by atoms with Gasteiger partial charge in [-0.25, -0.2) is 9.00 Å². The van der Waals surface area contributed by atoms with Gasteiger partial charge in [-0.2, -0.15) is 0 Å². The second-order valence-electron chi connectivity index (χ2n) is 17.7. The summed E-state index contributed by atoms with van der Waals surface area (Å²) in [7, 11) is -1.71. The van der Waals surface area contributed by atoms with Gasteiger partial charge in [0.1, 0.15) is 15.7 Å². The third kappa shape index (κ3) is 7.96. The van der Waals surface area contributed by atoms with E-state index in [2.05, 4.69) is 48.1 Å². The van der Waals surface area contributed by atoms with Crippen LogP contribution < -0.4 is 14.4 Å². The Balaban J connectivity index is 0.999. The number of urea groups is 1. The number of morpholine rings is 1. The van der Waals surface area contributed by atoms with E-state index in [0.717, 1.165) is 101 Å². The van der Waals surface area contributed by atoms with Crippen LogP contribution in [0.3, 0.4) is 0 Å². The number of likely N-dealkylation sites (tertiary alicyclic amines) is 1. The number of nitrogens with one attached hydrogen (secondary N) is 1. The van der Waals surface area contributed by atoms with Crippen molar-refractivity contribution in [2.24, 2.45) is 22.1 Å². The van der Waals surface area contributed by atoms with Crippen LogP contribution in [-0.2, 0) is 31.2 Å². The fraction of sp³-hybridized carbons (Fsp3) is 0.628. The van der Waals surface area contributed by atoms with Crippen LogP contribution in [0.1, 0.15) is 60.5 Å². The van der Waals surface area contributed by atoms with E-state index in [4.69, 9.17) is 25.8 Å². The van der Waals surface area contributed by atoms with Crippen molar-refractivity contribution in [2.75, 3.05) is 89.9 Å². The fourth-order valence-electron chi connectivity index (χ4n) is 10.5. The van der Waals surface area contributed by atoms with Crippen molar-refractivity contribution < 1.29 is 28.0 Å². The molecule has 7 aliphatic rings. The minimum atomic E-state index is -3.50. The number of methoxy groups -OCH3 is 1. The second kappa shape index (κ2) is 16.1. The molecule has 0 radical (unpaired) electrons. The number of rotatable bonds is 3. The third-order valence-corrected chi connectivity index (χ3v) is 16.1. The standard InChI is InChI=1S/C43H57ClN6O6S/c1-29-5-3-7-39(54-2)36-11-8-32(36)21-50-27-43(14-4-6-30-19-33(44)10-12-37(30)43)28-56-40-13-9-31(20-38(40)50)41(51)45-57(53,26-29)46-42(52)49-22-34(23-49)48-16-15-47-17-18-55-25-35(47)24-48/h3,7,9-10,12-13,19-20,29,32,34-36,39H,4-6,8,11,14-18,21-28H2,1-2H3,(H,45,46,51,52,53)/b7-3-/t29-,32-,35?,36+,39-,43-,57?/m0/s1. The zero-order valence-corrected chi connectivity index (χ0v) is 34.9. The van der Waals surface area contributed by atoms with Gasteiger partial charge < -0.3 is 24.0 Å². The van der Waals surface area contributed by atoms with Gasteiger partial charge in [0, 0.05) is 87.6 Å². The Morgan fingerprint density at radius 1 is 1.05 bits per heavy atom. The van der Waals surface area contributed by atoms with Crippen LogP contribution >= 0.6 is 11.6 Å². The monoisotopic (exact) mass is 820 g/mol. The summed E-state index contributed by atoms with van der Waals surface area (Å²) < 4.78 is 40.5. The summed E-state index contributed by atoms with van der Waals surface area (Å²) in [6, 6.07) is 11.9. The molecule has 2 aromatic carbocycles. The highest BCUT2D eigenvalue weighted by atomic mass is 35.5. The molecule has 2 bridgehead atoms. The van der Waals surface area contributed by atoms with Gasteiger partial charge >= 0.3 is 6.03 Å². The molecule has 1 N–H and O–H groups in total. The Kier molecular flexibility index (Phi) is 11.1. The number of nitrogens with zero attached hydrogens (tertiary/aromatic N) is 5. The molecule has 1 spiro atoms. The van der Waals surface area contributed by atoms with E-state index in [9.17, 15) is 13.8 Å². The molecular formula is C43H57ClN6O6S. The van der Waals surface area contributed by atoms with E-state index in [1.807, 2.05) is 25.1 Å². The molecule has 2 unspecified atom stereocenters. The van der Waals surface area contributed by atoms with Crippen molar-refractivity contribution in [3.8, 4) is 5.75 Å². The Bertz CT molecular complexity index is 2020. The minimum absolute atomic E-state index is 0.0472. The lowest BCUT2D eigenvalue weighted by Gasteiger charge is -2.51. The van der Waals surface area contributed by atoms with E-state index in [1.165, 1.54) is 11.1 Å². The summed E-state index contributed by atoms with van der Waals surface area (Å²) in [4.78, 5) is 37.0. The van der Waals surface area contributed by atoms with Crippen molar-refractivity contribution in [3.05, 3.63) is 70.3 Å². The van der Waals surface area contributed by atoms with Gasteiger partial charge in [0.15, 0.2) is 0 Å². The molecule has 4 fully saturated rings. The molecule has 3 saturated heterocycles. The number of fused-ring (bicyclic) bond motifs is 5. The first-order valence-corrected chi connectivity index (χ1v) is 23.1. The maximum Gasteiger partial charge on any atom is 0.329 e. The molecule has 12 nitrogen and oxygen atoms in total. The Hall–Kier alpha value is -3.20. The van der Waals surface area contributed by atoms with Crippen LogP contribution in [0.15, 0.2) is 52.9 Å². The molecule has 308 valence electrons. The molecule has 7 atom stereocenters. The Labute approximate surface area is 342 Å². The zero-order chi connectivity index (χ0) is 39.3. The van der Waals surface area contributed by atoms with Crippen LogP contribution in [0.2, 0.25) is 5.02 Å². The smallest absolute Gasteiger partial charge is 0.329 e. The second-order valence-corrected chi connectivity index (χ2v) is 20.1. The van der Waals surface area contributed by atoms with Gasteiger partial charge in [0.25, 0.3) is 5.91 Å². The van der Waals surface area contributed by atoms with E-state index >= 15 is 0 Å². The van der Waals surface area contributed by atoms with Crippen molar-refractivity contribution in [2.45, 2.75) is 69.1 Å². The third-order valence-electron chi connectivity index (χ3n) is 13.9. The molecule has 14 heteroatoms. The maximum atomic E-state index is 14.8. The summed E-state index contributed by atoms with van der Waals surface area (Å²) in [5.41, 5.74) is 3.47. The van der Waals surface area contributed by atoms with Crippen LogP contribution in [-0.4, -0.2) is 134 Å². The molecule has 57 heavy (non-hydrogen) atoms. The number of benzene rings is 2. The largest absolute Gasteiger partial charge is 0.490 e. The summed E-state index contributed by atoms with van der Waals surface area (Å²) in [5.74, 6) is 0.782. The lowest BCUT2D eigenvalue weighted by atomic mass is 9.68. The molecule has 9 rings (SSSR count). The molecule has 2 aliphatic carbocycles. The van der Waals surface area contributed by atoms with Crippen molar-refractivity contribution in [3.63, 3.8) is 0 Å². The summed E-state index contributed by atoms with van der Waals surface area (Å²) in [6.07, 6.45) is 10.0. The van der Waals surface area contributed by atoms with E-state index < -0.39 is 21.9 Å². The molecule has 5 aliphatic heterocycles. The predicted octanol–water partition coefficient (Wildman–Crippen LogP) is 5.38. The number of piperazine rings is 1. The quantitative estimate of drug-likeness (QED) is 0.408. The number of allylic oxidation sites excluding steroid dienone is 1. The van der Waals surface area contributed by atoms with Gasteiger partial charge in [-0.3, -0.25) is 19.3 Å². The van der Waals surface area contributed by atoms with Crippen LogP contribution in [0, 0.1) is 17.8 Å². The molecule has 3 amide bonds. The topological polar surface area (TPSA) is 116 Å². The van der Waals surface area contributed by atoms with Gasteiger partial charge in [0.2, 0.25) is 0 Å². The number of aryl methyl sites for hydroxylation is 1. The summed E-state index contributed by atoms with van der Waals surface area (Å²) >= 11 is 6.49. The van der Waals surface area contributed by atoms with Crippen molar-refractivity contribution >= 4 is 39.1 Å². The van der Waals surface area contributed by atoms with Crippen molar-refractivity contribution in [1.82, 2.24) is 19.4 Å². The number of carbonyl (C=O) groups is 2. The van der Waals surface area contributed by atoms with E-state index in [-0.39, 0.29) is 29.2 Å². The first-order chi connectivity index (χ1) is 27.6. The highest BCUT2D eigenvalue weighted by Crippen LogP contribution is 2.47. The normalized spacial score (nSPS) is 34.3. The van der Waals surface area contributed by atoms with E-state index in [0.29, 0.717) is 49.6 Å². The first kappa shape index (κ1) is 39.3. The number of hydrogen-bond acceptors (Lipinski definition) is 9. The number of hydrogen-bond donors (Lipinski definition) is 1.